The first-order chi connectivity index (χ1) is 8.45. The highest BCUT2D eigenvalue weighted by Gasteiger charge is 2.32. The summed E-state index contributed by atoms with van der Waals surface area (Å²) in [4.78, 5) is 37.8. The molecule has 0 saturated carbocycles. The van der Waals surface area contributed by atoms with Gasteiger partial charge in [-0.3, -0.25) is 19.8 Å². The predicted octanol–water partition coefficient (Wildman–Crippen LogP) is -1.01. The van der Waals surface area contributed by atoms with Gasteiger partial charge in [-0.15, -0.1) is 0 Å². The third kappa shape index (κ3) is 3.69. The van der Waals surface area contributed by atoms with Gasteiger partial charge in [0.05, 0.1) is 12.6 Å². The topological polar surface area (TPSA) is 81.8 Å². The SMILES string of the molecule is CNC(=O)NC(=O)CN1CCC[C@@H]1C(=O)N(C)C. The van der Waals surface area contributed by atoms with Crippen LogP contribution < -0.4 is 10.6 Å². The molecule has 0 bridgehead atoms. The Morgan fingerprint density at radius 2 is 2.00 bits per heavy atom. The lowest BCUT2D eigenvalue weighted by Crippen LogP contribution is -2.48. The summed E-state index contributed by atoms with van der Waals surface area (Å²) in [7, 11) is 4.84. The summed E-state index contributed by atoms with van der Waals surface area (Å²) in [5, 5.41) is 4.50. The van der Waals surface area contributed by atoms with Crippen LogP contribution in [0.15, 0.2) is 0 Å². The summed E-state index contributed by atoms with van der Waals surface area (Å²) in [5.74, 6) is -0.395. The van der Waals surface area contributed by atoms with Gasteiger partial charge < -0.3 is 10.2 Å². The molecule has 1 fully saturated rings. The quantitative estimate of drug-likeness (QED) is 0.678. The lowest BCUT2D eigenvalue weighted by molar-refractivity contribution is -0.134. The third-order valence-electron chi connectivity index (χ3n) is 2.92. The van der Waals surface area contributed by atoms with Crippen molar-refractivity contribution < 1.29 is 14.4 Å². The molecule has 2 N–H and O–H groups in total. The molecule has 1 aliphatic heterocycles. The van der Waals surface area contributed by atoms with Gasteiger partial charge >= 0.3 is 6.03 Å². The smallest absolute Gasteiger partial charge is 0.321 e. The maximum absolute atomic E-state index is 11.9. The number of rotatable bonds is 3. The van der Waals surface area contributed by atoms with Crippen LogP contribution in [0.3, 0.4) is 0 Å². The minimum absolute atomic E-state index is 0.000225. The van der Waals surface area contributed by atoms with E-state index >= 15 is 0 Å². The van der Waals surface area contributed by atoms with Gasteiger partial charge in [-0.05, 0) is 19.4 Å². The second kappa shape index (κ2) is 6.34. The van der Waals surface area contributed by atoms with E-state index in [2.05, 4.69) is 10.6 Å². The molecule has 0 aromatic rings. The number of imide groups is 1. The number of likely N-dealkylation sites (tertiary alicyclic amines) is 1. The number of hydrogen-bond donors (Lipinski definition) is 2. The van der Waals surface area contributed by atoms with Gasteiger partial charge in [0.25, 0.3) is 0 Å². The molecule has 7 heteroatoms. The minimum atomic E-state index is -0.533. The second-order valence-corrected chi connectivity index (χ2v) is 4.49. The minimum Gasteiger partial charge on any atom is -0.347 e. The molecule has 0 aromatic carbocycles. The average molecular weight is 256 g/mol. The van der Waals surface area contributed by atoms with E-state index in [4.69, 9.17) is 0 Å². The van der Waals surface area contributed by atoms with Gasteiger partial charge in [0.15, 0.2) is 0 Å². The number of hydrogen-bond acceptors (Lipinski definition) is 4. The van der Waals surface area contributed by atoms with Gasteiger partial charge in [0, 0.05) is 21.1 Å². The van der Waals surface area contributed by atoms with E-state index in [9.17, 15) is 14.4 Å². The number of carbonyl (C=O) groups is 3. The Labute approximate surface area is 106 Å². The first-order valence-electron chi connectivity index (χ1n) is 5.92. The lowest BCUT2D eigenvalue weighted by atomic mass is 10.2. The monoisotopic (exact) mass is 256 g/mol. The van der Waals surface area contributed by atoms with Crippen LogP contribution >= 0.6 is 0 Å². The summed E-state index contributed by atoms with van der Waals surface area (Å²) in [6.07, 6.45) is 1.64. The number of nitrogens with zero attached hydrogens (tertiary/aromatic N) is 2. The van der Waals surface area contributed by atoms with E-state index in [0.717, 1.165) is 12.8 Å². The van der Waals surface area contributed by atoms with Crippen molar-refractivity contribution in [1.82, 2.24) is 20.4 Å². The third-order valence-corrected chi connectivity index (χ3v) is 2.92. The molecular formula is C11H20N4O3. The first-order valence-corrected chi connectivity index (χ1v) is 5.92. The Balaban J connectivity index is 2.52. The fourth-order valence-electron chi connectivity index (χ4n) is 2.01. The average Bonchev–Trinajstić information content (AvgIpc) is 2.75. The predicted molar refractivity (Wildman–Crippen MR) is 65.9 cm³/mol. The standard InChI is InChI=1S/C11H20N4O3/c1-12-11(18)13-9(16)7-15-6-4-5-8(15)10(17)14(2)3/h8H,4-7H2,1-3H3,(H2,12,13,16,18)/t8-/m1/s1. The van der Waals surface area contributed by atoms with Gasteiger partial charge in [0.2, 0.25) is 11.8 Å². The lowest BCUT2D eigenvalue weighted by Gasteiger charge is -2.25. The van der Waals surface area contributed by atoms with E-state index in [1.807, 2.05) is 0 Å². The number of likely N-dealkylation sites (N-methyl/N-ethyl adjacent to an activating group) is 1. The van der Waals surface area contributed by atoms with Crippen LogP contribution in [-0.2, 0) is 9.59 Å². The van der Waals surface area contributed by atoms with Crippen LogP contribution in [-0.4, -0.2) is 67.9 Å². The van der Waals surface area contributed by atoms with Crippen molar-refractivity contribution in [1.29, 1.82) is 0 Å². The highest BCUT2D eigenvalue weighted by atomic mass is 16.2. The van der Waals surface area contributed by atoms with Gasteiger partial charge in [-0.2, -0.15) is 0 Å². The van der Waals surface area contributed by atoms with Crippen molar-refractivity contribution in [3.8, 4) is 0 Å². The van der Waals surface area contributed by atoms with E-state index < -0.39 is 11.9 Å². The molecule has 0 spiro atoms. The van der Waals surface area contributed by atoms with E-state index in [0.29, 0.717) is 6.54 Å². The highest BCUT2D eigenvalue weighted by molar-refractivity contribution is 5.95. The van der Waals surface area contributed by atoms with Crippen LogP contribution in [0.2, 0.25) is 0 Å². The Kier molecular flexibility index (Phi) is 5.08. The molecule has 18 heavy (non-hydrogen) atoms. The maximum Gasteiger partial charge on any atom is 0.321 e. The molecule has 1 aliphatic rings. The summed E-state index contributed by atoms with van der Waals surface area (Å²) < 4.78 is 0. The van der Waals surface area contributed by atoms with Crippen LogP contribution in [0.25, 0.3) is 0 Å². The van der Waals surface area contributed by atoms with Crippen molar-refractivity contribution in [3.05, 3.63) is 0 Å². The molecule has 1 atom stereocenters. The van der Waals surface area contributed by atoms with Crippen molar-refractivity contribution in [2.24, 2.45) is 0 Å². The zero-order chi connectivity index (χ0) is 13.7. The number of carbonyl (C=O) groups excluding carboxylic acids is 3. The summed E-state index contributed by atoms with van der Waals surface area (Å²) in [6, 6.07) is -0.787. The largest absolute Gasteiger partial charge is 0.347 e. The van der Waals surface area contributed by atoms with Crippen molar-refractivity contribution >= 4 is 17.8 Å². The van der Waals surface area contributed by atoms with Crippen LogP contribution in [0.1, 0.15) is 12.8 Å². The van der Waals surface area contributed by atoms with E-state index in [-0.39, 0.29) is 18.5 Å². The molecule has 4 amide bonds. The normalized spacial score (nSPS) is 19.4. The Morgan fingerprint density at radius 3 is 2.56 bits per heavy atom. The molecule has 1 saturated heterocycles. The molecule has 102 valence electrons. The fourth-order valence-corrected chi connectivity index (χ4v) is 2.01. The van der Waals surface area contributed by atoms with E-state index in [1.54, 1.807) is 19.0 Å². The Bertz CT molecular complexity index is 343. The van der Waals surface area contributed by atoms with Gasteiger partial charge in [0.1, 0.15) is 0 Å². The van der Waals surface area contributed by atoms with Crippen LogP contribution in [0.5, 0.6) is 0 Å². The Hall–Kier alpha value is -1.63. The highest BCUT2D eigenvalue weighted by Crippen LogP contribution is 2.18. The molecule has 7 nitrogen and oxygen atoms in total. The van der Waals surface area contributed by atoms with Crippen molar-refractivity contribution in [2.45, 2.75) is 18.9 Å². The molecule has 0 aromatic heterocycles. The van der Waals surface area contributed by atoms with Crippen molar-refractivity contribution in [3.63, 3.8) is 0 Å². The molecule has 0 unspecified atom stereocenters. The van der Waals surface area contributed by atoms with Crippen LogP contribution in [0, 0.1) is 0 Å². The fraction of sp³-hybridized carbons (Fsp3) is 0.727. The number of amides is 4. The molecule has 0 radical (unpaired) electrons. The van der Waals surface area contributed by atoms with E-state index in [1.165, 1.54) is 11.9 Å². The summed E-state index contributed by atoms with van der Waals surface area (Å²) in [5.41, 5.74) is 0. The number of urea groups is 1. The molecule has 1 rings (SSSR count). The number of nitrogens with one attached hydrogen (secondary N) is 2. The summed E-state index contributed by atoms with van der Waals surface area (Å²) >= 11 is 0. The Morgan fingerprint density at radius 1 is 1.33 bits per heavy atom. The van der Waals surface area contributed by atoms with Gasteiger partial charge in [-0.1, -0.05) is 0 Å². The molecule has 0 aliphatic carbocycles. The summed E-state index contributed by atoms with van der Waals surface area (Å²) in [6.45, 7) is 0.767. The molecule has 1 heterocycles. The van der Waals surface area contributed by atoms with Crippen LogP contribution in [0.4, 0.5) is 4.79 Å². The molecular weight excluding hydrogens is 236 g/mol. The van der Waals surface area contributed by atoms with Gasteiger partial charge in [-0.25, -0.2) is 4.79 Å². The maximum atomic E-state index is 11.9. The van der Waals surface area contributed by atoms with Crippen molar-refractivity contribution in [2.75, 3.05) is 34.2 Å². The second-order valence-electron chi connectivity index (χ2n) is 4.49. The zero-order valence-electron chi connectivity index (χ0n) is 11.0. The zero-order valence-corrected chi connectivity index (χ0v) is 11.0. The first kappa shape index (κ1) is 14.4.